The van der Waals surface area contributed by atoms with Crippen molar-refractivity contribution in [3.8, 4) is 11.1 Å². The highest BCUT2D eigenvalue weighted by atomic mass is 14.2. The molecule has 0 aliphatic heterocycles. The second kappa shape index (κ2) is 7.49. The largest absolute Gasteiger partial charge is 0.0620 e. The molecule has 0 heterocycles. The van der Waals surface area contributed by atoms with Gasteiger partial charge >= 0.3 is 0 Å². The molecular weight excluding hydrogens is 288 g/mol. The molecule has 0 heteroatoms. The third-order valence-corrected chi connectivity index (χ3v) is 4.96. The smallest absolute Gasteiger partial charge is 0.00170 e. The lowest BCUT2D eigenvalue weighted by Gasteiger charge is -2.17. The molecule has 122 valence electrons. The van der Waals surface area contributed by atoms with Crippen LogP contribution in [0, 0.1) is 6.92 Å². The molecule has 0 fully saturated rings. The van der Waals surface area contributed by atoms with Crippen LogP contribution in [0.25, 0.3) is 11.1 Å². The average Bonchev–Trinajstić information content (AvgIpc) is 2.63. The molecular formula is C24H26. The monoisotopic (exact) mass is 314 g/mol. The Bertz CT molecular complexity index is 827. The van der Waals surface area contributed by atoms with Gasteiger partial charge in [-0.1, -0.05) is 80.6 Å². The van der Waals surface area contributed by atoms with E-state index < -0.39 is 0 Å². The van der Waals surface area contributed by atoms with E-state index in [1.54, 1.807) is 0 Å². The molecule has 0 saturated heterocycles. The van der Waals surface area contributed by atoms with Gasteiger partial charge in [0.15, 0.2) is 0 Å². The number of aryl methyl sites for hydroxylation is 2. The van der Waals surface area contributed by atoms with Gasteiger partial charge in [0.1, 0.15) is 0 Å². The Morgan fingerprint density at radius 3 is 1.92 bits per heavy atom. The first-order chi connectivity index (χ1) is 11.7. The predicted octanol–water partition coefficient (Wildman–Crippen LogP) is 6.38. The third-order valence-electron chi connectivity index (χ3n) is 4.96. The number of hydrogen-bond donors (Lipinski definition) is 0. The fourth-order valence-corrected chi connectivity index (χ4v) is 3.59. The van der Waals surface area contributed by atoms with Gasteiger partial charge in [-0.3, -0.25) is 0 Å². The molecule has 0 radical (unpaired) electrons. The van der Waals surface area contributed by atoms with Crippen molar-refractivity contribution in [2.75, 3.05) is 0 Å². The summed E-state index contributed by atoms with van der Waals surface area (Å²) in [4.78, 5) is 0. The lowest BCUT2D eigenvalue weighted by molar-refractivity contribution is 1.04. The quantitative estimate of drug-likeness (QED) is 0.512. The Hall–Kier alpha value is -2.34. The maximum atomic E-state index is 2.29. The highest BCUT2D eigenvalue weighted by Crippen LogP contribution is 2.31. The van der Waals surface area contributed by atoms with Crippen LogP contribution in [0.2, 0.25) is 0 Å². The van der Waals surface area contributed by atoms with Crippen LogP contribution in [0.4, 0.5) is 0 Å². The standard InChI is InChI=1S/C24H26/c1-4-19-14-10-16-24(22(19)5-2)23-15-9-8-13-21(23)17-20-12-7-6-11-18(20)3/h6-16H,4-5,17H2,1-3H3. The molecule has 0 aromatic heterocycles. The number of hydrogen-bond acceptors (Lipinski definition) is 0. The number of benzene rings is 3. The summed E-state index contributed by atoms with van der Waals surface area (Å²) in [6, 6.07) is 24.3. The lowest BCUT2D eigenvalue weighted by atomic mass is 9.88. The normalized spacial score (nSPS) is 10.8. The topological polar surface area (TPSA) is 0 Å². The molecule has 0 bridgehead atoms. The Morgan fingerprint density at radius 2 is 1.21 bits per heavy atom. The van der Waals surface area contributed by atoms with Gasteiger partial charge in [0.25, 0.3) is 0 Å². The van der Waals surface area contributed by atoms with Crippen molar-refractivity contribution in [3.05, 3.63) is 94.5 Å². The summed E-state index contributed by atoms with van der Waals surface area (Å²) in [5.74, 6) is 0. The molecule has 0 aliphatic carbocycles. The van der Waals surface area contributed by atoms with E-state index >= 15 is 0 Å². The summed E-state index contributed by atoms with van der Waals surface area (Å²) >= 11 is 0. The zero-order chi connectivity index (χ0) is 16.9. The highest BCUT2D eigenvalue weighted by Gasteiger charge is 2.12. The van der Waals surface area contributed by atoms with Crippen molar-refractivity contribution in [1.29, 1.82) is 0 Å². The molecule has 0 amide bonds. The molecule has 0 saturated carbocycles. The number of rotatable bonds is 5. The van der Waals surface area contributed by atoms with Gasteiger partial charge in [-0.2, -0.15) is 0 Å². The van der Waals surface area contributed by atoms with Crippen LogP contribution in [0.5, 0.6) is 0 Å². The van der Waals surface area contributed by atoms with Crippen LogP contribution in [0.3, 0.4) is 0 Å². The van der Waals surface area contributed by atoms with Crippen molar-refractivity contribution in [1.82, 2.24) is 0 Å². The maximum absolute atomic E-state index is 2.29. The molecule has 0 nitrogen and oxygen atoms in total. The molecule has 0 aliphatic rings. The first kappa shape index (κ1) is 16.5. The Morgan fingerprint density at radius 1 is 0.583 bits per heavy atom. The highest BCUT2D eigenvalue weighted by molar-refractivity contribution is 5.72. The molecule has 3 rings (SSSR count). The Kier molecular flexibility index (Phi) is 5.15. The lowest BCUT2D eigenvalue weighted by Crippen LogP contribution is -1.99. The van der Waals surface area contributed by atoms with Crippen LogP contribution < -0.4 is 0 Å². The van der Waals surface area contributed by atoms with Crippen LogP contribution in [0.15, 0.2) is 66.7 Å². The van der Waals surface area contributed by atoms with E-state index in [1.165, 1.54) is 38.9 Å². The molecule has 24 heavy (non-hydrogen) atoms. The minimum atomic E-state index is 0.988. The fourth-order valence-electron chi connectivity index (χ4n) is 3.59. The van der Waals surface area contributed by atoms with E-state index in [-0.39, 0.29) is 0 Å². The minimum Gasteiger partial charge on any atom is -0.0620 e. The van der Waals surface area contributed by atoms with Gasteiger partial charge in [0, 0.05) is 0 Å². The molecule has 0 spiro atoms. The van der Waals surface area contributed by atoms with Gasteiger partial charge < -0.3 is 0 Å². The first-order valence-corrected chi connectivity index (χ1v) is 8.98. The summed E-state index contributed by atoms with van der Waals surface area (Å²) in [5.41, 5.74) is 9.95. The third kappa shape index (κ3) is 3.28. The Balaban J connectivity index is 2.09. The molecule has 0 atom stereocenters. The maximum Gasteiger partial charge on any atom is -0.00170 e. The van der Waals surface area contributed by atoms with Crippen LogP contribution >= 0.6 is 0 Å². The van der Waals surface area contributed by atoms with Crippen LogP contribution in [-0.2, 0) is 19.3 Å². The zero-order valence-electron chi connectivity index (χ0n) is 15.0. The molecule has 0 unspecified atom stereocenters. The molecule has 3 aromatic rings. The zero-order valence-corrected chi connectivity index (χ0v) is 15.0. The second-order valence-corrected chi connectivity index (χ2v) is 6.41. The molecule has 0 N–H and O–H groups in total. The van der Waals surface area contributed by atoms with Crippen LogP contribution in [-0.4, -0.2) is 0 Å². The summed E-state index contributed by atoms with van der Waals surface area (Å²) in [7, 11) is 0. The SMILES string of the molecule is CCc1cccc(-c2ccccc2Cc2ccccc2C)c1CC. The van der Waals surface area contributed by atoms with Gasteiger partial charge in [-0.25, -0.2) is 0 Å². The summed E-state index contributed by atoms with van der Waals surface area (Å²) in [6.07, 6.45) is 3.16. The van der Waals surface area contributed by atoms with Crippen molar-refractivity contribution in [2.24, 2.45) is 0 Å². The summed E-state index contributed by atoms with van der Waals surface area (Å²) < 4.78 is 0. The summed E-state index contributed by atoms with van der Waals surface area (Å²) in [6.45, 7) is 6.71. The van der Waals surface area contributed by atoms with Gasteiger partial charge in [-0.05, 0) is 65.1 Å². The van der Waals surface area contributed by atoms with E-state index in [0.29, 0.717) is 0 Å². The second-order valence-electron chi connectivity index (χ2n) is 6.41. The average molecular weight is 314 g/mol. The van der Waals surface area contributed by atoms with E-state index in [1.807, 2.05) is 0 Å². The van der Waals surface area contributed by atoms with E-state index in [9.17, 15) is 0 Å². The van der Waals surface area contributed by atoms with Gasteiger partial charge in [0.05, 0.1) is 0 Å². The Labute approximate surface area is 146 Å². The van der Waals surface area contributed by atoms with Crippen molar-refractivity contribution in [2.45, 2.75) is 40.0 Å². The van der Waals surface area contributed by atoms with Crippen LogP contribution in [0.1, 0.15) is 41.7 Å². The van der Waals surface area contributed by atoms with Crippen molar-refractivity contribution < 1.29 is 0 Å². The fraction of sp³-hybridized carbons (Fsp3) is 0.250. The van der Waals surface area contributed by atoms with Crippen molar-refractivity contribution in [3.63, 3.8) is 0 Å². The molecule has 3 aromatic carbocycles. The predicted molar refractivity (Wildman–Crippen MR) is 105 cm³/mol. The van der Waals surface area contributed by atoms with E-state index in [0.717, 1.165) is 19.3 Å². The van der Waals surface area contributed by atoms with Crippen molar-refractivity contribution >= 4 is 0 Å². The van der Waals surface area contributed by atoms with E-state index in [4.69, 9.17) is 0 Å². The van der Waals surface area contributed by atoms with E-state index in [2.05, 4.69) is 87.5 Å². The first-order valence-electron chi connectivity index (χ1n) is 8.98. The minimum absolute atomic E-state index is 0.988. The van der Waals surface area contributed by atoms with Gasteiger partial charge in [0.2, 0.25) is 0 Å². The summed E-state index contributed by atoms with van der Waals surface area (Å²) in [5, 5.41) is 0. The van der Waals surface area contributed by atoms with Gasteiger partial charge in [-0.15, -0.1) is 0 Å².